The quantitative estimate of drug-likeness (QED) is 0.631. The van der Waals surface area contributed by atoms with Crippen molar-refractivity contribution in [1.82, 2.24) is 0 Å². The second kappa shape index (κ2) is 3.98. The molecule has 0 aromatic rings. The van der Waals surface area contributed by atoms with E-state index in [0.717, 1.165) is 5.75 Å². The largest absolute Gasteiger partial charge is 0.378 e. The molecule has 3 heteroatoms. The molecule has 0 fully saturated rings. The van der Waals surface area contributed by atoms with E-state index in [9.17, 15) is 4.79 Å². The monoisotopic (exact) mass is 162 g/mol. The van der Waals surface area contributed by atoms with E-state index in [1.54, 1.807) is 14.0 Å². The van der Waals surface area contributed by atoms with Crippen LogP contribution in [0, 0.1) is 0 Å². The van der Waals surface area contributed by atoms with Crippen LogP contribution < -0.4 is 0 Å². The summed E-state index contributed by atoms with van der Waals surface area (Å²) in [5, 5.41) is 0.144. The van der Waals surface area contributed by atoms with E-state index < -0.39 is 0 Å². The van der Waals surface area contributed by atoms with Crippen molar-refractivity contribution in [3.8, 4) is 0 Å². The number of carbonyl (C=O) groups is 1. The Labute approximate surface area is 66.3 Å². The molecule has 0 saturated carbocycles. The van der Waals surface area contributed by atoms with Crippen LogP contribution in [0.15, 0.2) is 0 Å². The average Bonchev–Trinajstić information content (AvgIpc) is 1.85. The Bertz CT molecular complexity index is 121. The van der Waals surface area contributed by atoms with Gasteiger partial charge in [0.2, 0.25) is 0 Å². The first-order valence-corrected chi connectivity index (χ1v) is 4.15. The molecule has 0 aliphatic carbocycles. The number of ether oxygens (including phenoxy) is 1. The maximum atomic E-state index is 10.5. The maximum absolute atomic E-state index is 10.5. The van der Waals surface area contributed by atoms with E-state index in [2.05, 4.69) is 0 Å². The zero-order valence-corrected chi connectivity index (χ0v) is 7.75. The number of methoxy groups -OCH3 is 1. The molecule has 0 heterocycles. The van der Waals surface area contributed by atoms with Crippen molar-refractivity contribution in [2.24, 2.45) is 0 Å². The Kier molecular flexibility index (Phi) is 3.98. The molecule has 0 radical (unpaired) electrons. The van der Waals surface area contributed by atoms with Gasteiger partial charge in [-0.2, -0.15) is 0 Å². The first-order chi connectivity index (χ1) is 4.48. The van der Waals surface area contributed by atoms with Crippen molar-refractivity contribution >= 4 is 16.9 Å². The molecule has 0 bridgehead atoms. The Morgan fingerprint density at radius 1 is 1.60 bits per heavy atom. The van der Waals surface area contributed by atoms with E-state index in [4.69, 9.17) is 4.74 Å². The minimum absolute atomic E-state index is 0.144. The fraction of sp³-hybridized carbons (Fsp3) is 0.857. The molecular formula is C7H14O2S. The molecule has 10 heavy (non-hydrogen) atoms. The second-order valence-electron chi connectivity index (χ2n) is 2.74. The summed E-state index contributed by atoms with van der Waals surface area (Å²) in [5.74, 6) is 0.721. The molecule has 0 unspecified atom stereocenters. The van der Waals surface area contributed by atoms with Gasteiger partial charge in [0.05, 0.1) is 5.60 Å². The number of thioether (sulfide) groups is 1. The molecular weight excluding hydrogens is 148 g/mol. The number of hydrogen-bond donors (Lipinski definition) is 0. The van der Waals surface area contributed by atoms with Gasteiger partial charge in [-0.15, -0.1) is 0 Å². The summed E-state index contributed by atoms with van der Waals surface area (Å²) in [5.41, 5.74) is -0.184. The summed E-state index contributed by atoms with van der Waals surface area (Å²) in [4.78, 5) is 10.5. The topological polar surface area (TPSA) is 26.3 Å². The lowest BCUT2D eigenvalue weighted by molar-refractivity contribution is -0.109. The molecule has 60 valence electrons. The molecule has 0 aromatic carbocycles. The van der Waals surface area contributed by atoms with Crippen molar-refractivity contribution in [3.05, 3.63) is 0 Å². The van der Waals surface area contributed by atoms with Crippen molar-refractivity contribution in [3.63, 3.8) is 0 Å². The van der Waals surface area contributed by atoms with Crippen LogP contribution in [-0.2, 0) is 9.53 Å². The molecule has 0 saturated heterocycles. The molecule has 0 N–H and O–H groups in total. The summed E-state index contributed by atoms with van der Waals surface area (Å²) in [6.45, 7) is 5.49. The number of carbonyl (C=O) groups excluding carboxylic acids is 1. The van der Waals surface area contributed by atoms with E-state index in [0.29, 0.717) is 0 Å². The van der Waals surface area contributed by atoms with Gasteiger partial charge in [0.25, 0.3) is 0 Å². The third-order valence-electron chi connectivity index (χ3n) is 1.18. The summed E-state index contributed by atoms with van der Waals surface area (Å²) in [6, 6.07) is 0. The standard InChI is InChI=1S/C7H14O2S/c1-6(8)10-5-7(2,3)9-4/h5H2,1-4H3. The fourth-order valence-electron chi connectivity index (χ4n) is 0.334. The van der Waals surface area contributed by atoms with Crippen LogP contribution in [0.3, 0.4) is 0 Å². The van der Waals surface area contributed by atoms with Crippen LogP contribution in [-0.4, -0.2) is 23.6 Å². The smallest absolute Gasteiger partial charge is 0.185 e. The normalized spacial score (nSPS) is 11.6. The highest BCUT2D eigenvalue weighted by Gasteiger charge is 2.16. The van der Waals surface area contributed by atoms with Gasteiger partial charge >= 0.3 is 0 Å². The molecule has 0 atom stereocenters. The predicted molar refractivity (Wildman–Crippen MR) is 44.2 cm³/mol. The van der Waals surface area contributed by atoms with Gasteiger partial charge in [-0.25, -0.2) is 0 Å². The Morgan fingerprint density at radius 3 is 2.40 bits per heavy atom. The van der Waals surface area contributed by atoms with Gasteiger partial charge in [-0.1, -0.05) is 11.8 Å². The first-order valence-electron chi connectivity index (χ1n) is 3.16. The van der Waals surface area contributed by atoms with Crippen molar-refractivity contribution in [2.75, 3.05) is 12.9 Å². The van der Waals surface area contributed by atoms with Crippen LogP contribution in [0.5, 0.6) is 0 Å². The van der Waals surface area contributed by atoms with Crippen LogP contribution in [0.1, 0.15) is 20.8 Å². The van der Waals surface area contributed by atoms with Crippen LogP contribution in [0.2, 0.25) is 0 Å². The van der Waals surface area contributed by atoms with E-state index in [1.165, 1.54) is 11.8 Å². The van der Waals surface area contributed by atoms with E-state index >= 15 is 0 Å². The maximum Gasteiger partial charge on any atom is 0.185 e. The third-order valence-corrected chi connectivity index (χ3v) is 2.42. The van der Waals surface area contributed by atoms with Gasteiger partial charge in [-0.05, 0) is 13.8 Å². The molecule has 0 aliphatic heterocycles. The third kappa shape index (κ3) is 4.82. The lowest BCUT2D eigenvalue weighted by Crippen LogP contribution is -2.25. The minimum atomic E-state index is -0.184. The summed E-state index contributed by atoms with van der Waals surface area (Å²) in [7, 11) is 1.65. The second-order valence-corrected chi connectivity index (χ2v) is 3.90. The molecule has 0 spiro atoms. The van der Waals surface area contributed by atoms with Crippen molar-refractivity contribution in [1.29, 1.82) is 0 Å². The van der Waals surface area contributed by atoms with Crippen LogP contribution >= 0.6 is 11.8 Å². The zero-order chi connectivity index (χ0) is 8.20. The number of rotatable bonds is 3. The molecule has 0 rings (SSSR count). The van der Waals surface area contributed by atoms with Crippen LogP contribution in [0.4, 0.5) is 0 Å². The van der Waals surface area contributed by atoms with Gasteiger partial charge in [0, 0.05) is 19.8 Å². The SMILES string of the molecule is COC(C)(C)CSC(C)=O. The molecule has 0 amide bonds. The molecule has 0 aromatic heterocycles. The van der Waals surface area contributed by atoms with Gasteiger partial charge < -0.3 is 4.74 Å². The molecule has 2 nitrogen and oxygen atoms in total. The minimum Gasteiger partial charge on any atom is -0.378 e. The van der Waals surface area contributed by atoms with Crippen molar-refractivity contribution in [2.45, 2.75) is 26.4 Å². The van der Waals surface area contributed by atoms with Gasteiger partial charge in [0.15, 0.2) is 5.12 Å². The average molecular weight is 162 g/mol. The summed E-state index contributed by atoms with van der Waals surface area (Å²) < 4.78 is 5.12. The van der Waals surface area contributed by atoms with Gasteiger partial charge in [-0.3, -0.25) is 4.79 Å². The lowest BCUT2D eigenvalue weighted by atomic mass is 10.2. The van der Waals surface area contributed by atoms with E-state index in [-0.39, 0.29) is 10.7 Å². The number of hydrogen-bond acceptors (Lipinski definition) is 3. The van der Waals surface area contributed by atoms with Crippen molar-refractivity contribution < 1.29 is 9.53 Å². The zero-order valence-electron chi connectivity index (χ0n) is 6.93. The van der Waals surface area contributed by atoms with Crippen LogP contribution in [0.25, 0.3) is 0 Å². The highest BCUT2D eigenvalue weighted by Crippen LogP contribution is 2.15. The fourth-order valence-corrected chi connectivity index (χ4v) is 1.00. The van der Waals surface area contributed by atoms with Gasteiger partial charge in [0.1, 0.15) is 0 Å². The lowest BCUT2D eigenvalue weighted by Gasteiger charge is -2.20. The predicted octanol–water partition coefficient (Wildman–Crippen LogP) is 1.69. The highest BCUT2D eigenvalue weighted by molar-refractivity contribution is 8.13. The molecule has 0 aliphatic rings. The Balaban J connectivity index is 3.56. The summed E-state index contributed by atoms with van der Waals surface area (Å²) >= 11 is 1.30. The highest BCUT2D eigenvalue weighted by atomic mass is 32.2. The Morgan fingerprint density at radius 2 is 2.10 bits per heavy atom. The van der Waals surface area contributed by atoms with E-state index in [1.807, 2.05) is 13.8 Å². The first kappa shape index (κ1) is 9.98. The Hall–Kier alpha value is -0.0200. The summed E-state index contributed by atoms with van der Waals surface area (Å²) in [6.07, 6.45) is 0.